The van der Waals surface area contributed by atoms with E-state index in [0.717, 1.165) is 5.69 Å². The Bertz CT molecular complexity index is 433. The van der Waals surface area contributed by atoms with Crippen LogP contribution in [0.5, 0.6) is 0 Å². The highest BCUT2D eigenvalue weighted by Gasteiger charge is 2.19. The van der Waals surface area contributed by atoms with E-state index in [1.165, 1.54) is 11.1 Å². The summed E-state index contributed by atoms with van der Waals surface area (Å²) in [5.74, 6) is 0.0170. The molecule has 0 aromatic heterocycles. The average Bonchev–Trinajstić information content (AvgIpc) is 2.22. The molecule has 100 valence electrons. The summed E-state index contributed by atoms with van der Waals surface area (Å²) in [4.78, 5) is 12.0. The minimum Gasteiger partial charge on any atom is -0.374 e. The molecule has 0 spiro atoms. The Hall–Kier alpha value is -1.51. The van der Waals surface area contributed by atoms with Crippen molar-refractivity contribution in [2.45, 2.75) is 53.1 Å². The fraction of sp³-hybridized carbons (Fsp3) is 0.533. The van der Waals surface area contributed by atoms with Crippen molar-refractivity contribution in [2.24, 2.45) is 0 Å². The number of aryl methyl sites for hydroxylation is 1. The molecule has 1 unspecified atom stereocenters. The minimum absolute atomic E-state index is 0.0170. The fourth-order valence-corrected chi connectivity index (χ4v) is 1.68. The van der Waals surface area contributed by atoms with Crippen LogP contribution >= 0.6 is 0 Å². The summed E-state index contributed by atoms with van der Waals surface area (Å²) in [6.07, 6.45) is 0. The first-order valence-electron chi connectivity index (χ1n) is 6.35. The molecule has 0 fully saturated rings. The molecule has 0 aliphatic carbocycles. The van der Waals surface area contributed by atoms with Crippen molar-refractivity contribution < 1.29 is 4.79 Å². The van der Waals surface area contributed by atoms with Crippen molar-refractivity contribution in [3.05, 3.63) is 29.3 Å². The monoisotopic (exact) mass is 248 g/mol. The van der Waals surface area contributed by atoms with Crippen molar-refractivity contribution in [3.8, 4) is 0 Å². The number of rotatable bonds is 3. The number of nitrogens with one attached hydrogen (secondary N) is 2. The van der Waals surface area contributed by atoms with E-state index in [2.05, 4.69) is 30.5 Å². The van der Waals surface area contributed by atoms with Gasteiger partial charge in [-0.25, -0.2) is 0 Å². The van der Waals surface area contributed by atoms with Crippen LogP contribution in [0.4, 0.5) is 5.69 Å². The highest BCUT2D eigenvalue weighted by molar-refractivity contribution is 5.85. The summed E-state index contributed by atoms with van der Waals surface area (Å²) in [5.41, 5.74) is 3.23. The van der Waals surface area contributed by atoms with Crippen LogP contribution in [-0.4, -0.2) is 17.5 Å². The third-order valence-electron chi connectivity index (χ3n) is 2.87. The van der Waals surface area contributed by atoms with Crippen molar-refractivity contribution in [2.75, 3.05) is 5.32 Å². The largest absolute Gasteiger partial charge is 0.374 e. The number of carbonyl (C=O) groups is 1. The Morgan fingerprint density at radius 3 is 2.39 bits per heavy atom. The lowest BCUT2D eigenvalue weighted by atomic mass is 10.1. The third-order valence-corrected chi connectivity index (χ3v) is 2.87. The molecule has 0 aliphatic rings. The van der Waals surface area contributed by atoms with E-state index < -0.39 is 0 Å². The first-order chi connectivity index (χ1) is 8.20. The Kier molecular flexibility index (Phi) is 4.38. The minimum atomic E-state index is -0.246. The topological polar surface area (TPSA) is 41.1 Å². The fourth-order valence-electron chi connectivity index (χ4n) is 1.68. The van der Waals surface area contributed by atoms with Gasteiger partial charge in [-0.3, -0.25) is 4.79 Å². The van der Waals surface area contributed by atoms with E-state index >= 15 is 0 Å². The maximum Gasteiger partial charge on any atom is 0.242 e. The van der Waals surface area contributed by atoms with Gasteiger partial charge in [0, 0.05) is 11.2 Å². The molecule has 3 nitrogen and oxygen atoms in total. The van der Waals surface area contributed by atoms with Crippen molar-refractivity contribution in [1.82, 2.24) is 5.32 Å². The summed E-state index contributed by atoms with van der Waals surface area (Å²) in [6, 6.07) is 5.83. The van der Waals surface area contributed by atoms with E-state index in [0.29, 0.717) is 0 Å². The lowest BCUT2D eigenvalue weighted by Crippen LogP contribution is -2.47. The normalized spacial score (nSPS) is 13.0. The van der Waals surface area contributed by atoms with Crippen LogP contribution in [0, 0.1) is 13.8 Å². The molecule has 0 saturated heterocycles. The van der Waals surface area contributed by atoms with Gasteiger partial charge in [-0.05, 0) is 58.7 Å². The zero-order valence-corrected chi connectivity index (χ0v) is 12.2. The highest BCUT2D eigenvalue weighted by Crippen LogP contribution is 2.18. The summed E-state index contributed by atoms with van der Waals surface area (Å²) < 4.78 is 0. The van der Waals surface area contributed by atoms with Crippen molar-refractivity contribution in [3.63, 3.8) is 0 Å². The second kappa shape index (κ2) is 5.42. The van der Waals surface area contributed by atoms with E-state index in [1.807, 2.05) is 39.8 Å². The predicted molar refractivity (Wildman–Crippen MR) is 76.9 cm³/mol. The first-order valence-corrected chi connectivity index (χ1v) is 6.35. The smallest absolute Gasteiger partial charge is 0.242 e. The molecule has 0 saturated carbocycles. The van der Waals surface area contributed by atoms with Gasteiger partial charge in [-0.2, -0.15) is 0 Å². The van der Waals surface area contributed by atoms with E-state index in [9.17, 15) is 4.79 Å². The molecule has 1 rings (SSSR count). The number of anilines is 1. The summed E-state index contributed by atoms with van der Waals surface area (Å²) in [6.45, 7) is 12.0. The van der Waals surface area contributed by atoms with E-state index in [-0.39, 0.29) is 17.5 Å². The summed E-state index contributed by atoms with van der Waals surface area (Å²) in [7, 11) is 0. The van der Waals surface area contributed by atoms with Gasteiger partial charge < -0.3 is 10.6 Å². The lowest BCUT2D eigenvalue weighted by molar-refractivity contribution is -0.122. The van der Waals surface area contributed by atoms with Crippen LogP contribution in [0.25, 0.3) is 0 Å². The summed E-state index contributed by atoms with van der Waals surface area (Å²) in [5, 5.41) is 6.23. The average molecular weight is 248 g/mol. The Labute approximate surface area is 110 Å². The number of hydrogen-bond acceptors (Lipinski definition) is 2. The maximum atomic E-state index is 12.0. The molecule has 1 atom stereocenters. The van der Waals surface area contributed by atoms with Crippen LogP contribution in [0.15, 0.2) is 18.2 Å². The Morgan fingerprint density at radius 2 is 1.83 bits per heavy atom. The number of carbonyl (C=O) groups excluding carboxylic acids is 1. The zero-order valence-electron chi connectivity index (χ0n) is 12.2. The van der Waals surface area contributed by atoms with Gasteiger partial charge in [0.15, 0.2) is 0 Å². The van der Waals surface area contributed by atoms with Crippen LogP contribution in [0.2, 0.25) is 0 Å². The third kappa shape index (κ3) is 4.06. The molecule has 1 aromatic rings. The number of amides is 1. The van der Waals surface area contributed by atoms with Crippen molar-refractivity contribution in [1.29, 1.82) is 0 Å². The van der Waals surface area contributed by atoms with Gasteiger partial charge in [0.05, 0.1) is 0 Å². The standard InChI is InChI=1S/C15H24N2O/c1-10-8-7-9-13(11(10)2)16-12(3)14(18)17-15(4,5)6/h7-9,12,16H,1-6H3,(H,17,18). The number of benzene rings is 1. The Balaban J connectivity index is 2.73. The van der Waals surface area contributed by atoms with Crippen molar-refractivity contribution >= 4 is 11.6 Å². The quantitative estimate of drug-likeness (QED) is 0.863. The van der Waals surface area contributed by atoms with E-state index in [4.69, 9.17) is 0 Å². The zero-order chi connectivity index (χ0) is 13.9. The molecule has 18 heavy (non-hydrogen) atoms. The van der Waals surface area contributed by atoms with Crippen LogP contribution in [0.1, 0.15) is 38.8 Å². The Morgan fingerprint density at radius 1 is 1.22 bits per heavy atom. The molecule has 1 amide bonds. The molecule has 1 aromatic carbocycles. The highest BCUT2D eigenvalue weighted by atomic mass is 16.2. The van der Waals surface area contributed by atoms with Gasteiger partial charge in [-0.15, -0.1) is 0 Å². The second-order valence-electron chi connectivity index (χ2n) is 5.85. The second-order valence-corrected chi connectivity index (χ2v) is 5.85. The molecule has 0 radical (unpaired) electrons. The summed E-state index contributed by atoms with van der Waals surface area (Å²) >= 11 is 0. The molecule has 0 aliphatic heterocycles. The van der Waals surface area contributed by atoms with Gasteiger partial charge >= 0.3 is 0 Å². The van der Waals surface area contributed by atoms with Crippen LogP contribution < -0.4 is 10.6 Å². The number of hydrogen-bond donors (Lipinski definition) is 2. The van der Waals surface area contributed by atoms with Gasteiger partial charge in [0.1, 0.15) is 6.04 Å². The first kappa shape index (κ1) is 14.6. The van der Waals surface area contributed by atoms with Crippen LogP contribution in [-0.2, 0) is 4.79 Å². The van der Waals surface area contributed by atoms with Gasteiger partial charge in [0.2, 0.25) is 5.91 Å². The van der Waals surface area contributed by atoms with Crippen LogP contribution in [0.3, 0.4) is 0 Å². The molecular weight excluding hydrogens is 224 g/mol. The molecular formula is C15H24N2O. The molecule has 3 heteroatoms. The predicted octanol–water partition coefficient (Wildman–Crippen LogP) is 3.02. The lowest BCUT2D eigenvalue weighted by Gasteiger charge is -2.24. The molecule has 0 bridgehead atoms. The maximum absolute atomic E-state index is 12.0. The molecule has 2 N–H and O–H groups in total. The van der Waals surface area contributed by atoms with Gasteiger partial charge in [0.25, 0.3) is 0 Å². The van der Waals surface area contributed by atoms with Gasteiger partial charge in [-0.1, -0.05) is 12.1 Å². The van der Waals surface area contributed by atoms with E-state index in [1.54, 1.807) is 0 Å². The molecule has 0 heterocycles. The SMILES string of the molecule is Cc1cccc(NC(C)C(=O)NC(C)(C)C)c1C.